The minimum atomic E-state index is -0.985. The van der Waals surface area contributed by atoms with Crippen LogP contribution in [0.5, 0.6) is 0 Å². The van der Waals surface area contributed by atoms with Gasteiger partial charge in [0.05, 0.1) is 12.1 Å². The van der Waals surface area contributed by atoms with Gasteiger partial charge in [-0.15, -0.1) is 0 Å². The lowest BCUT2D eigenvalue weighted by Crippen LogP contribution is -2.54. The Labute approximate surface area is 118 Å². The van der Waals surface area contributed by atoms with Gasteiger partial charge >= 0.3 is 6.03 Å². The van der Waals surface area contributed by atoms with Crippen LogP contribution in [-0.2, 0) is 9.59 Å². The van der Waals surface area contributed by atoms with Gasteiger partial charge in [0.15, 0.2) is 0 Å². The lowest BCUT2D eigenvalue weighted by molar-refractivity contribution is -0.135. The van der Waals surface area contributed by atoms with Crippen molar-refractivity contribution in [1.82, 2.24) is 15.5 Å². The average molecular weight is 285 g/mol. The Morgan fingerprint density at radius 1 is 1.35 bits per heavy atom. The quantitative estimate of drug-likeness (QED) is 0.597. The number of amides is 4. The van der Waals surface area contributed by atoms with Crippen LogP contribution in [0.2, 0.25) is 0 Å². The van der Waals surface area contributed by atoms with Crippen molar-refractivity contribution in [2.45, 2.75) is 51.6 Å². The summed E-state index contributed by atoms with van der Waals surface area (Å²) in [6.07, 6.45) is 1.13. The van der Waals surface area contributed by atoms with Crippen LogP contribution in [0.3, 0.4) is 0 Å². The molecule has 20 heavy (non-hydrogen) atoms. The maximum absolute atomic E-state index is 12.0. The molecule has 0 aromatic rings. The molecule has 0 atom stereocenters. The number of aliphatic hydroxyl groups is 1. The third-order valence-corrected chi connectivity index (χ3v) is 3.81. The van der Waals surface area contributed by atoms with Gasteiger partial charge in [0.1, 0.15) is 12.1 Å². The first-order valence-electron chi connectivity index (χ1n) is 6.77. The maximum atomic E-state index is 12.0. The monoisotopic (exact) mass is 285 g/mol. The van der Waals surface area contributed by atoms with E-state index in [4.69, 9.17) is 0 Å². The molecule has 1 heterocycles. The second-order valence-corrected chi connectivity index (χ2v) is 5.64. The molecule has 0 bridgehead atoms. The van der Waals surface area contributed by atoms with E-state index in [1.54, 1.807) is 13.8 Å². The number of imide groups is 1. The molecular weight excluding hydrogens is 262 g/mol. The van der Waals surface area contributed by atoms with Crippen molar-refractivity contribution >= 4 is 17.8 Å². The topological polar surface area (TPSA) is 98.7 Å². The van der Waals surface area contributed by atoms with Crippen LogP contribution in [0.25, 0.3) is 0 Å². The first kappa shape index (κ1) is 16.4. The van der Waals surface area contributed by atoms with E-state index in [9.17, 15) is 19.5 Å². The smallest absolute Gasteiger partial charge is 0.325 e. The van der Waals surface area contributed by atoms with Crippen molar-refractivity contribution in [1.29, 1.82) is 0 Å². The number of carbonyl (C=O) groups excluding carboxylic acids is 3. The summed E-state index contributed by atoms with van der Waals surface area (Å²) in [4.78, 5) is 36.5. The number of aliphatic hydroxyl groups excluding tert-OH is 1. The predicted octanol–water partition coefficient (Wildman–Crippen LogP) is -0.0159. The predicted molar refractivity (Wildman–Crippen MR) is 72.9 cm³/mol. The van der Waals surface area contributed by atoms with Gasteiger partial charge in [0.2, 0.25) is 5.91 Å². The molecule has 0 unspecified atom stereocenters. The summed E-state index contributed by atoms with van der Waals surface area (Å²) < 4.78 is 0. The van der Waals surface area contributed by atoms with E-state index in [1.165, 1.54) is 0 Å². The summed E-state index contributed by atoms with van der Waals surface area (Å²) in [6.45, 7) is 6.36. The molecule has 0 aromatic carbocycles. The molecule has 1 fully saturated rings. The number of hydrogen-bond acceptors (Lipinski definition) is 4. The summed E-state index contributed by atoms with van der Waals surface area (Å²) in [5.41, 5.74) is -1.69. The standard InChI is InChI=1S/C13H23N3O4/c1-5-13(6-2,8-17)14-9(18)7-16-10(19)12(3,4)15-11(16)20/h17H,5-8H2,1-4H3,(H,14,18)(H,15,20). The Hall–Kier alpha value is -1.63. The molecule has 114 valence electrons. The summed E-state index contributed by atoms with van der Waals surface area (Å²) in [5, 5.41) is 14.6. The van der Waals surface area contributed by atoms with Gasteiger partial charge in [-0.25, -0.2) is 4.79 Å². The van der Waals surface area contributed by atoms with E-state index < -0.39 is 28.9 Å². The van der Waals surface area contributed by atoms with E-state index in [0.29, 0.717) is 12.8 Å². The van der Waals surface area contributed by atoms with E-state index in [0.717, 1.165) is 4.90 Å². The summed E-state index contributed by atoms with van der Waals surface area (Å²) in [5.74, 6) is -0.885. The molecule has 0 aromatic heterocycles. The van der Waals surface area contributed by atoms with Gasteiger partial charge < -0.3 is 15.7 Å². The van der Waals surface area contributed by atoms with Gasteiger partial charge in [0, 0.05) is 0 Å². The minimum absolute atomic E-state index is 0.183. The highest BCUT2D eigenvalue weighted by molar-refractivity contribution is 6.08. The lowest BCUT2D eigenvalue weighted by Gasteiger charge is -2.31. The molecule has 1 rings (SSSR count). The molecule has 4 amide bonds. The molecule has 1 saturated heterocycles. The van der Waals surface area contributed by atoms with Crippen LogP contribution in [0.15, 0.2) is 0 Å². The molecule has 7 nitrogen and oxygen atoms in total. The van der Waals surface area contributed by atoms with E-state index >= 15 is 0 Å². The van der Waals surface area contributed by atoms with Crippen LogP contribution >= 0.6 is 0 Å². The maximum Gasteiger partial charge on any atom is 0.325 e. The zero-order chi connectivity index (χ0) is 15.6. The molecule has 7 heteroatoms. The second-order valence-electron chi connectivity index (χ2n) is 5.64. The first-order valence-corrected chi connectivity index (χ1v) is 6.77. The largest absolute Gasteiger partial charge is 0.394 e. The van der Waals surface area contributed by atoms with Gasteiger partial charge in [-0.05, 0) is 26.7 Å². The Balaban J connectivity index is 2.72. The Morgan fingerprint density at radius 3 is 2.25 bits per heavy atom. The Kier molecular flexibility index (Phi) is 4.75. The lowest BCUT2D eigenvalue weighted by atomic mass is 9.94. The zero-order valence-corrected chi connectivity index (χ0v) is 12.4. The fourth-order valence-electron chi connectivity index (χ4n) is 2.13. The SMILES string of the molecule is CCC(CC)(CO)NC(=O)CN1C(=O)NC(C)(C)C1=O. The summed E-state index contributed by atoms with van der Waals surface area (Å²) in [7, 11) is 0. The van der Waals surface area contributed by atoms with Crippen molar-refractivity contribution in [2.75, 3.05) is 13.2 Å². The third kappa shape index (κ3) is 3.09. The van der Waals surface area contributed by atoms with Gasteiger partial charge in [-0.3, -0.25) is 14.5 Å². The van der Waals surface area contributed by atoms with Crippen LogP contribution < -0.4 is 10.6 Å². The number of rotatable bonds is 6. The van der Waals surface area contributed by atoms with Gasteiger partial charge in [0.25, 0.3) is 5.91 Å². The average Bonchev–Trinajstić information content (AvgIpc) is 2.58. The Bertz CT molecular complexity index is 408. The number of carbonyl (C=O) groups is 3. The van der Waals surface area contributed by atoms with Crippen molar-refractivity contribution in [3.8, 4) is 0 Å². The third-order valence-electron chi connectivity index (χ3n) is 3.81. The number of urea groups is 1. The minimum Gasteiger partial charge on any atom is -0.394 e. The second kappa shape index (κ2) is 5.78. The number of nitrogens with one attached hydrogen (secondary N) is 2. The first-order chi connectivity index (χ1) is 9.21. The molecule has 3 N–H and O–H groups in total. The molecule has 0 radical (unpaired) electrons. The van der Waals surface area contributed by atoms with Crippen molar-refractivity contribution < 1.29 is 19.5 Å². The van der Waals surface area contributed by atoms with Gasteiger partial charge in [-0.2, -0.15) is 0 Å². The van der Waals surface area contributed by atoms with Crippen LogP contribution in [0, 0.1) is 0 Å². The normalized spacial score (nSPS) is 18.1. The molecule has 0 spiro atoms. The van der Waals surface area contributed by atoms with Crippen LogP contribution in [-0.4, -0.2) is 52.1 Å². The fraction of sp³-hybridized carbons (Fsp3) is 0.769. The number of hydrogen-bond donors (Lipinski definition) is 3. The van der Waals surface area contributed by atoms with E-state index in [-0.39, 0.29) is 13.2 Å². The highest BCUT2D eigenvalue weighted by Crippen LogP contribution is 2.17. The molecule has 1 aliphatic heterocycles. The molecular formula is C13H23N3O4. The van der Waals surface area contributed by atoms with E-state index in [2.05, 4.69) is 10.6 Å². The Morgan fingerprint density at radius 2 is 1.90 bits per heavy atom. The van der Waals surface area contributed by atoms with Crippen LogP contribution in [0.1, 0.15) is 40.5 Å². The van der Waals surface area contributed by atoms with E-state index in [1.807, 2.05) is 13.8 Å². The zero-order valence-electron chi connectivity index (χ0n) is 12.4. The fourth-order valence-corrected chi connectivity index (χ4v) is 2.13. The summed E-state index contributed by atoms with van der Waals surface area (Å²) >= 11 is 0. The highest BCUT2D eigenvalue weighted by atomic mass is 16.3. The molecule has 0 saturated carbocycles. The number of nitrogens with zero attached hydrogens (tertiary/aromatic N) is 1. The van der Waals surface area contributed by atoms with Gasteiger partial charge in [-0.1, -0.05) is 13.8 Å². The summed E-state index contributed by atoms with van der Waals surface area (Å²) in [6, 6.07) is -0.572. The van der Waals surface area contributed by atoms with Crippen molar-refractivity contribution in [3.63, 3.8) is 0 Å². The van der Waals surface area contributed by atoms with Crippen molar-refractivity contribution in [3.05, 3.63) is 0 Å². The molecule has 1 aliphatic rings. The molecule has 0 aliphatic carbocycles. The van der Waals surface area contributed by atoms with Crippen molar-refractivity contribution in [2.24, 2.45) is 0 Å². The van der Waals surface area contributed by atoms with Crippen LogP contribution in [0.4, 0.5) is 4.79 Å². The highest BCUT2D eigenvalue weighted by Gasteiger charge is 2.45.